The molecule has 0 aliphatic heterocycles. The molecule has 0 heterocycles. The van der Waals surface area contributed by atoms with Crippen molar-refractivity contribution < 1.29 is 9.29 Å². The Morgan fingerprint density at radius 1 is 1.39 bits per heavy atom. The van der Waals surface area contributed by atoms with E-state index in [4.69, 9.17) is 4.74 Å². The van der Waals surface area contributed by atoms with Crippen molar-refractivity contribution >= 4 is 17.6 Å². The maximum Gasteiger partial charge on any atom is 0.144 e. The quantitative estimate of drug-likeness (QED) is 0.620. The van der Waals surface area contributed by atoms with Gasteiger partial charge in [-0.25, -0.2) is 0 Å². The van der Waals surface area contributed by atoms with Crippen LogP contribution in [0.25, 0.3) is 0 Å². The molecule has 0 saturated heterocycles. The normalized spacial score (nSPS) is 18.0. The van der Waals surface area contributed by atoms with E-state index in [9.17, 15) is 4.55 Å². The Balaban J connectivity index is 2.01. The van der Waals surface area contributed by atoms with Crippen LogP contribution in [0.3, 0.4) is 0 Å². The van der Waals surface area contributed by atoms with Gasteiger partial charge in [-0.05, 0) is 45.7 Å². The minimum absolute atomic E-state index is 0.321. The number of rotatable bonds is 4. The van der Waals surface area contributed by atoms with Crippen LogP contribution >= 0.6 is 0 Å². The monoisotopic (exact) mass is 265 g/mol. The van der Waals surface area contributed by atoms with E-state index in [-0.39, 0.29) is 4.75 Å². The summed E-state index contributed by atoms with van der Waals surface area (Å²) in [6.45, 7) is 5.73. The molecule has 1 fully saturated rings. The lowest BCUT2D eigenvalue weighted by Gasteiger charge is -2.17. The Labute approximate surface area is 112 Å². The van der Waals surface area contributed by atoms with Gasteiger partial charge in [0, 0.05) is 5.56 Å². The van der Waals surface area contributed by atoms with E-state index in [0.717, 1.165) is 24.2 Å². The maximum absolute atomic E-state index is 11.8. The lowest BCUT2D eigenvalue weighted by Crippen LogP contribution is -2.25. The molecule has 4 heteroatoms. The van der Waals surface area contributed by atoms with E-state index in [1.807, 2.05) is 45.0 Å². The van der Waals surface area contributed by atoms with Gasteiger partial charge in [-0.2, -0.15) is 0 Å². The molecule has 1 unspecified atom stereocenters. The Morgan fingerprint density at radius 3 is 2.72 bits per heavy atom. The first-order valence-corrected chi connectivity index (χ1v) is 7.28. The molecule has 0 radical (unpaired) electrons. The molecule has 18 heavy (non-hydrogen) atoms. The van der Waals surface area contributed by atoms with E-state index in [1.165, 1.54) is 0 Å². The summed E-state index contributed by atoms with van der Waals surface area (Å²) in [4.78, 5) is 0. The molecule has 0 spiro atoms. The molecule has 2 rings (SSSR count). The third kappa shape index (κ3) is 4.03. The van der Waals surface area contributed by atoms with Gasteiger partial charge in [0.15, 0.2) is 0 Å². The molecule has 0 N–H and O–H groups in total. The highest BCUT2D eigenvalue weighted by atomic mass is 32.2. The SMILES string of the molecule is CC(C)(C)[S+]([O-])/N=C/c1cccc(OC2CC2)c1. The topological polar surface area (TPSA) is 44.7 Å². The molecule has 1 aliphatic carbocycles. The highest BCUT2D eigenvalue weighted by Gasteiger charge is 2.26. The third-order valence-electron chi connectivity index (χ3n) is 2.51. The van der Waals surface area contributed by atoms with Crippen molar-refractivity contribution in [3.63, 3.8) is 0 Å². The first-order chi connectivity index (χ1) is 8.45. The molecule has 1 aromatic carbocycles. The zero-order valence-corrected chi connectivity index (χ0v) is 11.9. The summed E-state index contributed by atoms with van der Waals surface area (Å²) in [5.41, 5.74) is 0.922. The van der Waals surface area contributed by atoms with E-state index in [0.29, 0.717) is 6.10 Å². The van der Waals surface area contributed by atoms with Crippen LogP contribution < -0.4 is 4.74 Å². The number of ether oxygens (including phenoxy) is 1. The van der Waals surface area contributed by atoms with Crippen molar-refractivity contribution in [3.05, 3.63) is 29.8 Å². The summed E-state index contributed by atoms with van der Waals surface area (Å²) < 4.78 is 21.3. The van der Waals surface area contributed by atoms with Crippen molar-refractivity contribution in [3.8, 4) is 5.75 Å². The summed E-state index contributed by atoms with van der Waals surface area (Å²) in [6.07, 6.45) is 4.33. The van der Waals surface area contributed by atoms with Gasteiger partial charge in [-0.3, -0.25) is 0 Å². The summed E-state index contributed by atoms with van der Waals surface area (Å²) in [5, 5.41) is 0. The molecular weight excluding hydrogens is 246 g/mol. The minimum Gasteiger partial charge on any atom is -0.591 e. The second-order valence-electron chi connectivity index (χ2n) is 5.49. The second-order valence-corrected chi connectivity index (χ2v) is 7.42. The van der Waals surface area contributed by atoms with Crippen molar-refractivity contribution in [1.29, 1.82) is 0 Å². The van der Waals surface area contributed by atoms with Crippen LogP contribution in [-0.4, -0.2) is 21.6 Å². The molecule has 0 bridgehead atoms. The summed E-state index contributed by atoms with van der Waals surface area (Å²) in [5.74, 6) is 0.864. The Hall–Kier alpha value is -1.00. The molecule has 0 amide bonds. The molecule has 1 saturated carbocycles. The standard InChI is InChI=1S/C14H19NO2S/c1-14(2,3)18(16)15-10-11-5-4-6-13(9-11)17-12-7-8-12/h4-6,9-10,12H,7-8H2,1-3H3/b15-10+. The average molecular weight is 265 g/mol. The second kappa shape index (κ2) is 5.33. The molecule has 1 aromatic rings. The number of nitrogens with zero attached hydrogens (tertiary/aromatic N) is 1. The van der Waals surface area contributed by atoms with Gasteiger partial charge < -0.3 is 9.29 Å². The molecule has 3 nitrogen and oxygen atoms in total. The predicted octanol–water partition coefficient (Wildman–Crippen LogP) is 3.11. The first kappa shape index (κ1) is 13.4. The van der Waals surface area contributed by atoms with Crippen molar-refractivity contribution in [2.24, 2.45) is 4.40 Å². The van der Waals surface area contributed by atoms with Crippen LogP contribution in [0, 0.1) is 0 Å². The van der Waals surface area contributed by atoms with E-state index < -0.39 is 11.4 Å². The molecule has 98 valence electrons. The number of hydrogen-bond acceptors (Lipinski definition) is 3. The molecular formula is C14H19NO2S. The van der Waals surface area contributed by atoms with Gasteiger partial charge in [0.25, 0.3) is 0 Å². The van der Waals surface area contributed by atoms with Gasteiger partial charge in [0.1, 0.15) is 21.9 Å². The predicted molar refractivity (Wildman–Crippen MR) is 75.6 cm³/mol. The summed E-state index contributed by atoms with van der Waals surface area (Å²) >= 11 is -1.21. The van der Waals surface area contributed by atoms with E-state index in [1.54, 1.807) is 6.21 Å². The molecule has 1 atom stereocenters. The first-order valence-electron chi connectivity index (χ1n) is 6.18. The number of hydrogen-bond donors (Lipinski definition) is 0. The van der Waals surface area contributed by atoms with Gasteiger partial charge in [0.05, 0.1) is 12.3 Å². The van der Waals surface area contributed by atoms with E-state index >= 15 is 0 Å². The zero-order valence-electron chi connectivity index (χ0n) is 11.1. The Bertz CT molecular complexity index is 436. The fraction of sp³-hybridized carbons (Fsp3) is 0.500. The zero-order chi connectivity index (χ0) is 13.2. The fourth-order valence-corrected chi connectivity index (χ4v) is 1.85. The highest BCUT2D eigenvalue weighted by Crippen LogP contribution is 2.27. The number of benzene rings is 1. The van der Waals surface area contributed by atoms with Gasteiger partial charge in [-0.15, -0.1) is 0 Å². The highest BCUT2D eigenvalue weighted by molar-refractivity contribution is 7.91. The average Bonchev–Trinajstić information content (AvgIpc) is 3.09. The van der Waals surface area contributed by atoms with Crippen molar-refractivity contribution in [1.82, 2.24) is 0 Å². The van der Waals surface area contributed by atoms with Gasteiger partial charge in [0.2, 0.25) is 0 Å². The van der Waals surface area contributed by atoms with Crippen LogP contribution in [-0.2, 0) is 11.4 Å². The molecule has 1 aliphatic rings. The minimum atomic E-state index is -1.21. The van der Waals surface area contributed by atoms with Crippen LogP contribution in [0.15, 0.2) is 28.7 Å². The van der Waals surface area contributed by atoms with E-state index in [2.05, 4.69) is 4.40 Å². The lowest BCUT2D eigenvalue weighted by atomic mass is 10.2. The largest absolute Gasteiger partial charge is 0.591 e. The van der Waals surface area contributed by atoms with Crippen molar-refractivity contribution in [2.45, 2.75) is 44.5 Å². The fourth-order valence-electron chi connectivity index (χ4n) is 1.31. The van der Waals surface area contributed by atoms with Gasteiger partial charge >= 0.3 is 0 Å². The summed E-state index contributed by atoms with van der Waals surface area (Å²) in [6, 6.07) is 7.74. The van der Waals surface area contributed by atoms with Crippen molar-refractivity contribution in [2.75, 3.05) is 0 Å². The smallest absolute Gasteiger partial charge is 0.144 e. The summed E-state index contributed by atoms with van der Waals surface area (Å²) in [7, 11) is 0. The third-order valence-corrected chi connectivity index (χ3v) is 3.85. The van der Waals surface area contributed by atoms with Gasteiger partial charge in [-0.1, -0.05) is 16.5 Å². The van der Waals surface area contributed by atoms with Crippen LogP contribution in [0.5, 0.6) is 5.75 Å². The maximum atomic E-state index is 11.8. The lowest BCUT2D eigenvalue weighted by molar-refractivity contribution is 0.303. The Morgan fingerprint density at radius 2 is 2.11 bits per heavy atom. The van der Waals surface area contributed by atoms with Crippen LogP contribution in [0.4, 0.5) is 0 Å². The van der Waals surface area contributed by atoms with Crippen LogP contribution in [0.2, 0.25) is 0 Å². The van der Waals surface area contributed by atoms with Crippen LogP contribution in [0.1, 0.15) is 39.2 Å². The molecule has 0 aromatic heterocycles. The Kier molecular flexibility index (Phi) is 3.97.